The van der Waals surface area contributed by atoms with E-state index in [9.17, 15) is 4.39 Å². The van der Waals surface area contributed by atoms with E-state index in [0.717, 1.165) is 36.2 Å². The van der Waals surface area contributed by atoms with E-state index in [1.165, 1.54) is 0 Å². The Morgan fingerprint density at radius 2 is 2.00 bits per heavy atom. The van der Waals surface area contributed by atoms with E-state index in [1.54, 1.807) is 4.68 Å². The Balaban J connectivity index is 3.19. The Hall–Kier alpha value is -0.900. The van der Waals surface area contributed by atoms with E-state index >= 15 is 0 Å². The van der Waals surface area contributed by atoms with Gasteiger partial charge in [0.25, 0.3) is 0 Å². The van der Waals surface area contributed by atoms with Crippen LogP contribution in [-0.4, -0.2) is 16.5 Å². The summed E-state index contributed by atoms with van der Waals surface area (Å²) in [7, 11) is 0. The molecule has 0 aromatic carbocycles. The van der Waals surface area contributed by atoms with E-state index in [-0.39, 0.29) is 12.7 Å². The predicted molar refractivity (Wildman–Crippen MR) is 64.2 cm³/mol. The highest BCUT2D eigenvalue weighted by Crippen LogP contribution is 2.24. The van der Waals surface area contributed by atoms with E-state index in [1.807, 2.05) is 0 Å². The highest BCUT2D eigenvalue weighted by molar-refractivity contribution is 5.30. The second kappa shape index (κ2) is 5.99. The molecule has 4 heteroatoms. The third kappa shape index (κ3) is 2.43. The first-order valence-corrected chi connectivity index (χ1v) is 6.09. The lowest BCUT2D eigenvalue weighted by Gasteiger charge is -2.12. The first-order valence-electron chi connectivity index (χ1n) is 6.09. The molecule has 0 aliphatic rings. The molecular formula is C12H22FN3. The summed E-state index contributed by atoms with van der Waals surface area (Å²) in [6, 6.07) is 0.0262. The zero-order valence-corrected chi connectivity index (χ0v) is 10.5. The first-order chi connectivity index (χ1) is 7.69. The maximum atomic E-state index is 12.4. The van der Waals surface area contributed by atoms with Crippen molar-refractivity contribution in [2.24, 2.45) is 5.73 Å². The molecule has 0 saturated heterocycles. The van der Waals surface area contributed by atoms with Crippen molar-refractivity contribution in [2.75, 3.05) is 6.67 Å². The highest BCUT2D eigenvalue weighted by atomic mass is 19.1. The van der Waals surface area contributed by atoms with Crippen LogP contribution in [0.4, 0.5) is 4.39 Å². The second-order valence-corrected chi connectivity index (χ2v) is 3.94. The van der Waals surface area contributed by atoms with Gasteiger partial charge < -0.3 is 5.73 Å². The summed E-state index contributed by atoms with van der Waals surface area (Å²) in [6.07, 6.45) is 2.60. The number of rotatable bonds is 6. The summed E-state index contributed by atoms with van der Waals surface area (Å²) in [5.41, 5.74) is 9.38. The molecule has 1 unspecified atom stereocenters. The molecule has 0 radical (unpaired) electrons. The number of hydrogen-bond acceptors (Lipinski definition) is 2. The van der Waals surface area contributed by atoms with Gasteiger partial charge in [-0.05, 0) is 19.3 Å². The molecule has 0 spiro atoms. The van der Waals surface area contributed by atoms with Crippen molar-refractivity contribution in [1.82, 2.24) is 9.78 Å². The number of aromatic nitrogens is 2. The third-order valence-corrected chi connectivity index (χ3v) is 2.95. The number of nitrogens with zero attached hydrogens (tertiary/aromatic N) is 2. The van der Waals surface area contributed by atoms with Crippen molar-refractivity contribution in [3.05, 3.63) is 17.0 Å². The Labute approximate surface area is 96.8 Å². The minimum Gasteiger partial charge on any atom is -0.324 e. The molecule has 1 rings (SSSR count). The van der Waals surface area contributed by atoms with Crippen LogP contribution in [0.15, 0.2) is 0 Å². The number of hydrogen-bond donors (Lipinski definition) is 1. The summed E-state index contributed by atoms with van der Waals surface area (Å²) < 4.78 is 14.2. The molecule has 92 valence electrons. The van der Waals surface area contributed by atoms with Crippen LogP contribution in [0.2, 0.25) is 0 Å². The molecule has 1 aromatic rings. The smallest absolute Gasteiger partial charge is 0.109 e. The molecule has 1 heterocycles. The van der Waals surface area contributed by atoms with Crippen molar-refractivity contribution in [3.8, 4) is 0 Å². The summed E-state index contributed by atoms with van der Waals surface area (Å²) in [5, 5.41) is 4.45. The van der Waals surface area contributed by atoms with Gasteiger partial charge in [0.05, 0.1) is 12.2 Å². The van der Waals surface area contributed by atoms with E-state index in [2.05, 4.69) is 25.9 Å². The lowest BCUT2D eigenvalue weighted by Crippen LogP contribution is -2.13. The van der Waals surface area contributed by atoms with Crippen LogP contribution < -0.4 is 5.73 Å². The molecule has 1 atom stereocenters. The molecule has 0 amide bonds. The van der Waals surface area contributed by atoms with Crippen LogP contribution in [-0.2, 0) is 19.4 Å². The molecule has 0 aliphatic carbocycles. The Bertz CT molecular complexity index is 333. The van der Waals surface area contributed by atoms with Crippen molar-refractivity contribution < 1.29 is 4.39 Å². The second-order valence-electron chi connectivity index (χ2n) is 3.94. The zero-order chi connectivity index (χ0) is 12.1. The van der Waals surface area contributed by atoms with Gasteiger partial charge in [0, 0.05) is 17.3 Å². The molecule has 0 fully saturated rings. The predicted octanol–water partition coefficient (Wildman–Crippen LogP) is 2.39. The quantitative estimate of drug-likeness (QED) is 0.811. The summed E-state index contributed by atoms with van der Waals surface area (Å²) in [5.74, 6) is 0. The molecule has 0 bridgehead atoms. The molecule has 0 saturated carbocycles. The van der Waals surface area contributed by atoms with Crippen molar-refractivity contribution in [2.45, 2.75) is 52.6 Å². The molecule has 3 nitrogen and oxygen atoms in total. The maximum Gasteiger partial charge on any atom is 0.109 e. The summed E-state index contributed by atoms with van der Waals surface area (Å²) in [4.78, 5) is 0. The Morgan fingerprint density at radius 3 is 2.44 bits per heavy atom. The van der Waals surface area contributed by atoms with Gasteiger partial charge in [0.2, 0.25) is 0 Å². The summed E-state index contributed by atoms with van der Waals surface area (Å²) in [6.45, 7) is 6.16. The molecular weight excluding hydrogens is 205 g/mol. The van der Waals surface area contributed by atoms with Gasteiger partial charge >= 0.3 is 0 Å². The minimum absolute atomic E-state index is 0.0262. The standard InChI is InChI=1S/C12H22FN3/c1-4-9(14)12-10(5-2)15-16(8-7-13)11(12)6-3/h9H,4-8,14H2,1-3H3. The summed E-state index contributed by atoms with van der Waals surface area (Å²) >= 11 is 0. The van der Waals surface area contributed by atoms with Crippen molar-refractivity contribution in [3.63, 3.8) is 0 Å². The van der Waals surface area contributed by atoms with E-state index in [4.69, 9.17) is 5.73 Å². The fourth-order valence-electron chi connectivity index (χ4n) is 2.10. The van der Waals surface area contributed by atoms with Crippen LogP contribution in [0.1, 0.15) is 50.2 Å². The minimum atomic E-state index is -0.376. The number of alkyl halides is 1. The monoisotopic (exact) mass is 227 g/mol. The van der Waals surface area contributed by atoms with E-state index < -0.39 is 0 Å². The first kappa shape index (κ1) is 13.2. The third-order valence-electron chi connectivity index (χ3n) is 2.95. The topological polar surface area (TPSA) is 43.8 Å². The molecule has 1 aromatic heterocycles. The van der Waals surface area contributed by atoms with Crippen LogP contribution in [0.3, 0.4) is 0 Å². The van der Waals surface area contributed by atoms with Crippen LogP contribution in [0, 0.1) is 0 Å². The van der Waals surface area contributed by atoms with Gasteiger partial charge in [-0.1, -0.05) is 20.8 Å². The SMILES string of the molecule is CCc1nn(CCF)c(CC)c1C(N)CC. The maximum absolute atomic E-state index is 12.4. The lowest BCUT2D eigenvalue weighted by atomic mass is 10.00. The van der Waals surface area contributed by atoms with Crippen LogP contribution >= 0.6 is 0 Å². The van der Waals surface area contributed by atoms with Crippen LogP contribution in [0.5, 0.6) is 0 Å². The fraction of sp³-hybridized carbons (Fsp3) is 0.750. The molecule has 0 aliphatic heterocycles. The molecule has 2 N–H and O–H groups in total. The normalized spacial score (nSPS) is 13.1. The largest absolute Gasteiger partial charge is 0.324 e. The lowest BCUT2D eigenvalue weighted by molar-refractivity contribution is 0.419. The van der Waals surface area contributed by atoms with Crippen LogP contribution in [0.25, 0.3) is 0 Å². The van der Waals surface area contributed by atoms with Crippen molar-refractivity contribution >= 4 is 0 Å². The van der Waals surface area contributed by atoms with Gasteiger partial charge in [0.15, 0.2) is 0 Å². The number of nitrogens with two attached hydrogens (primary N) is 1. The highest BCUT2D eigenvalue weighted by Gasteiger charge is 2.19. The van der Waals surface area contributed by atoms with Gasteiger partial charge in [-0.15, -0.1) is 0 Å². The average molecular weight is 227 g/mol. The Morgan fingerprint density at radius 1 is 1.31 bits per heavy atom. The number of halogens is 1. The zero-order valence-electron chi connectivity index (χ0n) is 10.5. The Kier molecular flexibility index (Phi) is 4.93. The average Bonchev–Trinajstić information content (AvgIpc) is 2.66. The van der Waals surface area contributed by atoms with Gasteiger partial charge in [0.1, 0.15) is 6.67 Å². The van der Waals surface area contributed by atoms with E-state index in [0.29, 0.717) is 6.54 Å². The fourth-order valence-corrected chi connectivity index (χ4v) is 2.10. The molecule has 16 heavy (non-hydrogen) atoms. The van der Waals surface area contributed by atoms with Crippen molar-refractivity contribution in [1.29, 1.82) is 0 Å². The van der Waals surface area contributed by atoms with Gasteiger partial charge in [-0.25, -0.2) is 4.39 Å². The van der Waals surface area contributed by atoms with Gasteiger partial charge in [-0.3, -0.25) is 4.68 Å². The number of aryl methyl sites for hydroxylation is 2. The van der Waals surface area contributed by atoms with Gasteiger partial charge in [-0.2, -0.15) is 5.10 Å².